The van der Waals surface area contributed by atoms with E-state index in [1.54, 1.807) is 30.3 Å². The fourth-order valence-corrected chi connectivity index (χ4v) is 2.20. The number of ether oxygens (including phenoxy) is 1. The first-order valence-electron chi connectivity index (χ1n) is 6.02. The molecule has 2 aromatic rings. The predicted octanol–water partition coefficient (Wildman–Crippen LogP) is 3.53. The molecule has 0 aliphatic carbocycles. The van der Waals surface area contributed by atoms with Crippen LogP contribution in [0.5, 0.6) is 5.75 Å². The summed E-state index contributed by atoms with van der Waals surface area (Å²) < 4.78 is 6.39. The van der Waals surface area contributed by atoms with Crippen molar-refractivity contribution in [3.05, 3.63) is 63.6 Å². The summed E-state index contributed by atoms with van der Waals surface area (Å²) in [5.74, 6) is -0.307. The lowest BCUT2D eigenvalue weighted by Gasteiger charge is -2.09. The standard InChI is InChI=1S/C15H12BrNO4/c16-13-7-11(8-17-20)3-6-14(13)21-9-10-1-4-12(5-2-10)15(18)19/h1-8,20H,9H2,(H,18,19)/b17-8-. The lowest BCUT2D eigenvalue weighted by molar-refractivity contribution is 0.0697. The van der Waals surface area contributed by atoms with Crippen LogP contribution in [0, 0.1) is 0 Å². The van der Waals surface area contributed by atoms with Crippen molar-refractivity contribution < 1.29 is 19.8 Å². The Kier molecular flexibility index (Phi) is 4.94. The molecule has 6 heteroatoms. The van der Waals surface area contributed by atoms with Crippen LogP contribution >= 0.6 is 15.9 Å². The second kappa shape index (κ2) is 6.90. The van der Waals surface area contributed by atoms with E-state index >= 15 is 0 Å². The molecule has 0 aliphatic rings. The van der Waals surface area contributed by atoms with Gasteiger partial charge in [0.25, 0.3) is 0 Å². The summed E-state index contributed by atoms with van der Waals surface area (Å²) in [5, 5.41) is 20.3. The predicted molar refractivity (Wildman–Crippen MR) is 81.3 cm³/mol. The first-order chi connectivity index (χ1) is 10.1. The van der Waals surface area contributed by atoms with Crippen molar-refractivity contribution in [1.82, 2.24) is 0 Å². The molecule has 0 atom stereocenters. The van der Waals surface area contributed by atoms with Gasteiger partial charge in [0, 0.05) is 0 Å². The van der Waals surface area contributed by atoms with Gasteiger partial charge in [-0.25, -0.2) is 4.79 Å². The van der Waals surface area contributed by atoms with E-state index < -0.39 is 5.97 Å². The van der Waals surface area contributed by atoms with Gasteiger partial charge in [-0.3, -0.25) is 0 Å². The number of halogens is 1. The minimum atomic E-state index is -0.952. The number of benzene rings is 2. The summed E-state index contributed by atoms with van der Waals surface area (Å²) in [4.78, 5) is 10.8. The normalized spacial score (nSPS) is 10.7. The van der Waals surface area contributed by atoms with Crippen molar-refractivity contribution in [3.8, 4) is 5.75 Å². The van der Waals surface area contributed by atoms with Gasteiger partial charge in [0.2, 0.25) is 0 Å². The minimum absolute atomic E-state index is 0.243. The molecule has 0 unspecified atom stereocenters. The second-order valence-corrected chi connectivity index (χ2v) is 5.08. The van der Waals surface area contributed by atoms with Crippen LogP contribution in [-0.4, -0.2) is 22.5 Å². The zero-order chi connectivity index (χ0) is 15.2. The Morgan fingerprint density at radius 3 is 2.52 bits per heavy atom. The first kappa shape index (κ1) is 15.1. The van der Waals surface area contributed by atoms with Gasteiger partial charge in [0.05, 0.1) is 16.3 Å². The third-order valence-corrected chi connectivity index (χ3v) is 3.38. The van der Waals surface area contributed by atoms with Crippen LogP contribution in [0.15, 0.2) is 52.1 Å². The molecule has 108 valence electrons. The van der Waals surface area contributed by atoms with Crippen LogP contribution in [0.2, 0.25) is 0 Å². The Hall–Kier alpha value is -2.34. The summed E-state index contributed by atoms with van der Waals surface area (Å²) in [7, 11) is 0. The monoisotopic (exact) mass is 349 g/mol. The van der Waals surface area contributed by atoms with Crippen LogP contribution in [-0.2, 0) is 6.61 Å². The van der Waals surface area contributed by atoms with Gasteiger partial charge in [0.1, 0.15) is 12.4 Å². The lowest BCUT2D eigenvalue weighted by atomic mass is 10.1. The highest BCUT2D eigenvalue weighted by Crippen LogP contribution is 2.26. The number of aromatic carboxylic acids is 1. The van der Waals surface area contributed by atoms with Crippen molar-refractivity contribution in [1.29, 1.82) is 0 Å². The molecule has 2 rings (SSSR count). The van der Waals surface area contributed by atoms with Crippen molar-refractivity contribution in [2.24, 2.45) is 5.16 Å². The lowest BCUT2D eigenvalue weighted by Crippen LogP contribution is -1.99. The van der Waals surface area contributed by atoms with Crippen LogP contribution in [0.4, 0.5) is 0 Å². The molecule has 2 aromatic carbocycles. The highest BCUT2D eigenvalue weighted by molar-refractivity contribution is 9.10. The maximum absolute atomic E-state index is 10.8. The third-order valence-electron chi connectivity index (χ3n) is 2.76. The molecule has 0 fully saturated rings. The van der Waals surface area contributed by atoms with Crippen LogP contribution in [0.25, 0.3) is 0 Å². The Balaban J connectivity index is 2.04. The van der Waals surface area contributed by atoms with E-state index in [0.29, 0.717) is 12.4 Å². The van der Waals surface area contributed by atoms with Gasteiger partial charge in [-0.15, -0.1) is 0 Å². The number of nitrogens with zero attached hydrogens (tertiary/aromatic N) is 1. The maximum atomic E-state index is 10.8. The fourth-order valence-electron chi connectivity index (χ4n) is 1.69. The van der Waals surface area contributed by atoms with E-state index in [9.17, 15) is 4.79 Å². The van der Waals surface area contributed by atoms with Gasteiger partial charge >= 0.3 is 5.97 Å². The van der Waals surface area contributed by atoms with Crippen molar-refractivity contribution in [2.75, 3.05) is 0 Å². The smallest absolute Gasteiger partial charge is 0.335 e. The summed E-state index contributed by atoms with van der Waals surface area (Å²) >= 11 is 3.38. The number of oxime groups is 1. The molecular weight excluding hydrogens is 338 g/mol. The van der Waals surface area contributed by atoms with Crippen LogP contribution in [0.1, 0.15) is 21.5 Å². The first-order valence-corrected chi connectivity index (χ1v) is 6.81. The molecule has 0 radical (unpaired) electrons. The number of hydrogen-bond donors (Lipinski definition) is 2. The maximum Gasteiger partial charge on any atom is 0.335 e. The van der Waals surface area contributed by atoms with Crippen LogP contribution in [0.3, 0.4) is 0 Å². The van der Waals surface area contributed by atoms with E-state index in [1.807, 2.05) is 0 Å². The topological polar surface area (TPSA) is 79.1 Å². The summed E-state index contributed by atoms with van der Waals surface area (Å²) in [6.07, 6.45) is 1.32. The van der Waals surface area contributed by atoms with E-state index in [2.05, 4.69) is 21.1 Å². The Morgan fingerprint density at radius 1 is 1.24 bits per heavy atom. The van der Waals surface area contributed by atoms with Crippen LogP contribution < -0.4 is 4.74 Å². The summed E-state index contributed by atoms with van der Waals surface area (Å²) in [6, 6.07) is 11.8. The molecule has 21 heavy (non-hydrogen) atoms. The van der Waals surface area contributed by atoms with Gasteiger partial charge in [-0.1, -0.05) is 17.3 Å². The fraction of sp³-hybridized carbons (Fsp3) is 0.0667. The zero-order valence-corrected chi connectivity index (χ0v) is 12.4. The van der Waals surface area contributed by atoms with E-state index in [0.717, 1.165) is 15.6 Å². The molecular formula is C15H12BrNO4. The number of carboxylic acids is 1. The van der Waals surface area contributed by atoms with Crippen molar-refractivity contribution in [3.63, 3.8) is 0 Å². The SMILES string of the molecule is O=C(O)c1ccc(COc2ccc(/C=N\O)cc2Br)cc1. The molecule has 0 heterocycles. The molecule has 0 saturated carbocycles. The molecule has 0 aliphatic heterocycles. The molecule has 0 spiro atoms. The Labute approximate surface area is 129 Å². The third kappa shape index (κ3) is 4.06. The van der Waals surface area contributed by atoms with Gasteiger partial charge in [0.15, 0.2) is 0 Å². The van der Waals surface area contributed by atoms with Crippen molar-refractivity contribution >= 4 is 28.1 Å². The van der Waals surface area contributed by atoms with E-state index in [4.69, 9.17) is 15.1 Å². The molecule has 0 aromatic heterocycles. The molecule has 2 N–H and O–H groups in total. The second-order valence-electron chi connectivity index (χ2n) is 4.23. The molecule has 0 amide bonds. The Bertz CT molecular complexity index is 668. The summed E-state index contributed by atoms with van der Waals surface area (Å²) in [5.41, 5.74) is 1.85. The van der Waals surface area contributed by atoms with Gasteiger partial charge < -0.3 is 15.1 Å². The number of carboxylic acid groups (broad SMARTS) is 1. The van der Waals surface area contributed by atoms with Crippen molar-refractivity contribution in [2.45, 2.75) is 6.61 Å². The molecule has 0 saturated heterocycles. The van der Waals surface area contributed by atoms with E-state index in [-0.39, 0.29) is 5.56 Å². The molecule has 0 bridgehead atoms. The Morgan fingerprint density at radius 2 is 1.95 bits per heavy atom. The number of hydrogen-bond acceptors (Lipinski definition) is 4. The highest BCUT2D eigenvalue weighted by Gasteiger charge is 2.04. The minimum Gasteiger partial charge on any atom is -0.488 e. The largest absolute Gasteiger partial charge is 0.488 e. The highest BCUT2D eigenvalue weighted by atomic mass is 79.9. The summed E-state index contributed by atoms with van der Waals surface area (Å²) in [6.45, 7) is 0.325. The van der Waals surface area contributed by atoms with Gasteiger partial charge in [-0.05, 0) is 57.4 Å². The number of carbonyl (C=O) groups is 1. The van der Waals surface area contributed by atoms with Gasteiger partial charge in [-0.2, -0.15) is 0 Å². The quantitative estimate of drug-likeness (QED) is 0.491. The average Bonchev–Trinajstić information content (AvgIpc) is 2.47. The number of rotatable bonds is 5. The molecule has 5 nitrogen and oxygen atoms in total. The average molecular weight is 350 g/mol. The zero-order valence-electron chi connectivity index (χ0n) is 10.9. The van der Waals surface area contributed by atoms with E-state index in [1.165, 1.54) is 18.3 Å².